The SMILES string of the molecule is Cc1ccc(C(C(N)=O)C2(Cl)CCC(CNC(=O)OC(C)(C)C)CC2)cc1. The van der Waals surface area contributed by atoms with Crippen molar-refractivity contribution >= 4 is 23.6 Å². The zero-order valence-corrected chi connectivity index (χ0v) is 17.4. The van der Waals surface area contributed by atoms with Crippen LogP contribution >= 0.6 is 11.6 Å². The first-order valence-electron chi connectivity index (χ1n) is 9.52. The highest BCUT2D eigenvalue weighted by Crippen LogP contribution is 2.46. The Kier molecular flexibility index (Phi) is 6.79. The average molecular weight is 395 g/mol. The molecule has 1 fully saturated rings. The molecule has 1 aromatic carbocycles. The molecule has 1 atom stereocenters. The summed E-state index contributed by atoms with van der Waals surface area (Å²) in [6.45, 7) is 8.06. The number of amides is 2. The number of alkyl carbamates (subject to hydrolysis) is 1. The quantitative estimate of drug-likeness (QED) is 0.732. The number of carbonyl (C=O) groups excluding carboxylic acids is 2. The zero-order chi connectivity index (χ0) is 20.2. The molecule has 1 aliphatic rings. The first-order valence-corrected chi connectivity index (χ1v) is 9.89. The summed E-state index contributed by atoms with van der Waals surface area (Å²) in [4.78, 5) is 23.3. The highest BCUT2D eigenvalue weighted by molar-refractivity contribution is 6.26. The van der Waals surface area contributed by atoms with Crippen LogP contribution in [0.3, 0.4) is 0 Å². The summed E-state index contributed by atoms with van der Waals surface area (Å²) in [6.07, 6.45) is 2.61. The molecule has 27 heavy (non-hydrogen) atoms. The van der Waals surface area contributed by atoms with Crippen molar-refractivity contribution < 1.29 is 14.3 Å². The van der Waals surface area contributed by atoms with E-state index in [-0.39, 0.29) is 5.91 Å². The molecule has 0 radical (unpaired) electrons. The highest BCUT2D eigenvalue weighted by atomic mass is 35.5. The fourth-order valence-electron chi connectivity index (χ4n) is 3.67. The van der Waals surface area contributed by atoms with Crippen LogP contribution in [-0.2, 0) is 9.53 Å². The molecule has 6 heteroatoms. The lowest BCUT2D eigenvalue weighted by Gasteiger charge is -2.40. The van der Waals surface area contributed by atoms with E-state index >= 15 is 0 Å². The molecule has 3 N–H and O–H groups in total. The van der Waals surface area contributed by atoms with E-state index in [9.17, 15) is 9.59 Å². The minimum Gasteiger partial charge on any atom is -0.444 e. The number of carbonyl (C=O) groups is 2. The number of halogens is 1. The van der Waals surface area contributed by atoms with E-state index in [2.05, 4.69) is 5.32 Å². The van der Waals surface area contributed by atoms with Gasteiger partial charge in [0.05, 0.1) is 10.8 Å². The second-order valence-corrected chi connectivity index (χ2v) is 9.36. The summed E-state index contributed by atoms with van der Waals surface area (Å²) in [5, 5.41) is 2.83. The Balaban J connectivity index is 1.96. The Hall–Kier alpha value is -1.75. The minimum absolute atomic E-state index is 0.316. The van der Waals surface area contributed by atoms with Gasteiger partial charge in [-0.25, -0.2) is 4.79 Å². The molecule has 2 rings (SSSR count). The standard InChI is InChI=1S/C21H31ClN2O3/c1-14-5-7-16(8-6-14)17(18(23)25)21(22)11-9-15(10-12-21)13-24-19(26)27-20(2,3)4/h5-8,15,17H,9-13H2,1-4H3,(H2,23,25)(H,24,26). The van der Waals surface area contributed by atoms with Crippen LogP contribution in [0, 0.1) is 12.8 Å². The van der Waals surface area contributed by atoms with Crippen molar-refractivity contribution in [2.75, 3.05) is 6.54 Å². The molecule has 0 heterocycles. The number of rotatable bonds is 5. The van der Waals surface area contributed by atoms with Crippen LogP contribution < -0.4 is 11.1 Å². The molecule has 150 valence electrons. The van der Waals surface area contributed by atoms with Crippen LogP contribution in [0.2, 0.25) is 0 Å². The van der Waals surface area contributed by atoms with E-state index in [0.717, 1.165) is 24.0 Å². The molecule has 0 bridgehead atoms. The largest absolute Gasteiger partial charge is 0.444 e. The zero-order valence-electron chi connectivity index (χ0n) is 16.7. The van der Waals surface area contributed by atoms with Gasteiger partial charge in [-0.05, 0) is 64.9 Å². The third-order valence-corrected chi connectivity index (χ3v) is 5.68. The first kappa shape index (κ1) is 21.5. The van der Waals surface area contributed by atoms with Crippen molar-refractivity contribution in [3.05, 3.63) is 35.4 Å². The molecule has 2 amide bonds. The summed E-state index contributed by atoms with van der Waals surface area (Å²) in [7, 11) is 0. The van der Waals surface area contributed by atoms with E-state index in [4.69, 9.17) is 22.1 Å². The van der Waals surface area contributed by atoms with Crippen LogP contribution in [0.1, 0.15) is 63.5 Å². The molecule has 0 saturated heterocycles. The maximum atomic E-state index is 12.2. The Labute approximate surface area is 167 Å². The monoisotopic (exact) mass is 394 g/mol. The molecular weight excluding hydrogens is 364 g/mol. The van der Waals surface area contributed by atoms with Gasteiger partial charge in [-0.2, -0.15) is 0 Å². The number of aryl methyl sites for hydroxylation is 1. The number of hydrogen-bond donors (Lipinski definition) is 2. The van der Waals surface area contributed by atoms with Crippen molar-refractivity contribution in [1.29, 1.82) is 0 Å². The minimum atomic E-state index is -0.677. The molecule has 1 unspecified atom stereocenters. The number of nitrogens with two attached hydrogens (primary N) is 1. The van der Waals surface area contributed by atoms with Gasteiger partial charge in [-0.1, -0.05) is 29.8 Å². The fraction of sp³-hybridized carbons (Fsp3) is 0.619. The van der Waals surface area contributed by atoms with Gasteiger partial charge in [0.2, 0.25) is 5.91 Å². The van der Waals surface area contributed by atoms with E-state index in [1.54, 1.807) is 0 Å². The van der Waals surface area contributed by atoms with Crippen LogP contribution in [-0.4, -0.2) is 29.0 Å². The van der Waals surface area contributed by atoms with Crippen LogP contribution in [0.5, 0.6) is 0 Å². The molecule has 1 aliphatic carbocycles. The van der Waals surface area contributed by atoms with E-state index in [1.165, 1.54) is 0 Å². The normalized spacial score (nSPS) is 24.1. The third-order valence-electron chi connectivity index (χ3n) is 5.08. The Morgan fingerprint density at radius 1 is 1.26 bits per heavy atom. The second-order valence-electron chi connectivity index (χ2n) is 8.61. The molecule has 0 aliphatic heterocycles. The van der Waals surface area contributed by atoms with Crippen molar-refractivity contribution in [3.8, 4) is 0 Å². The summed E-state index contributed by atoms with van der Waals surface area (Å²) in [5.41, 5.74) is 7.20. The van der Waals surface area contributed by atoms with Crippen LogP contribution in [0.4, 0.5) is 4.79 Å². The van der Waals surface area contributed by atoms with Gasteiger partial charge in [0.1, 0.15) is 5.60 Å². The topological polar surface area (TPSA) is 81.4 Å². The van der Waals surface area contributed by atoms with E-state index in [0.29, 0.717) is 25.3 Å². The number of hydrogen-bond acceptors (Lipinski definition) is 3. The Morgan fingerprint density at radius 2 is 1.81 bits per heavy atom. The van der Waals surface area contributed by atoms with Gasteiger partial charge < -0.3 is 15.8 Å². The molecule has 5 nitrogen and oxygen atoms in total. The van der Waals surface area contributed by atoms with Gasteiger partial charge in [-0.3, -0.25) is 4.79 Å². The molecular formula is C21H31ClN2O3. The van der Waals surface area contributed by atoms with Gasteiger partial charge >= 0.3 is 6.09 Å². The number of ether oxygens (including phenoxy) is 1. The first-order chi connectivity index (χ1) is 12.5. The molecule has 0 spiro atoms. The Bertz CT molecular complexity index is 659. The van der Waals surface area contributed by atoms with E-state index < -0.39 is 22.5 Å². The number of alkyl halides is 1. The predicted molar refractivity (Wildman–Crippen MR) is 108 cm³/mol. The van der Waals surface area contributed by atoms with Crippen molar-refractivity contribution in [2.45, 2.75) is 69.8 Å². The smallest absolute Gasteiger partial charge is 0.407 e. The lowest BCUT2D eigenvalue weighted by atomic mass is 9.72. The predicted octanol–water partition coefficient (Wildman–Crippen LogP) is 4.26. The summed E-state index contributed by atoms with van der Waals surface area (Å²) < 4.78 is 5.27. The molecule has 1 aromatic rings. The lowest BCUT2D eigenvalue weighted by molar-refractivity contribution is -0.120. The number of primary amides is 1. The summed E-state index contributed by atoms with van der Waals surface area (Å²) in [6, 6.07) is 7.82. The lowest BCUT2D eigenvalue weighted by Crippen LogP contribution is -2.43. The maximum absolute atomic E-state index is 12.2. The van der Waals surface area contributed by atoms with Crippen molar-refractivity contribution in [3.63, 3.8) is 0 Å². The third kappa shape index (κ3) is 6.13. The van der Waals surface area contributed by atoms with Crippen molar-refractivity contribution in [2.24, 2.45) is 11.7 Å². The summed E-state index contributed by atoms with van der Waals surface area (Å²) >= 11 is 6.91. The molecule has 0 aromatic heterocycles. The Morgan fingerprint density at radius 3 is 2.30 bits per heavy atom. The van der Waals surface area contributed by atoms with Gasteiger partial charge in [-0.15, -0.1) is 11.6 Å². The van der Waals surface area contributed by atoms with Crippen LogP contribution in [0.15, 0.2) is 24.3 Å². The summed E-state index contributed by atoms with van der Waals surface area (Å²) in [5.74, 6) is -0.588. The van der Waals surface area contributed by atoms with Gasteiger partial charge in [0.25, 0.3) is 0 Å². The second kappa shape index (κ2) is 8.51. The molecule has 1 saturated carbocycles. The average Bonchev–Trinajstić information content (AvgIpc) is 2.54. The van der Waals surface area contributed by atoms with Crippen molar-refractivity contribution in [1.82, 2.24) is 5.32 Å². The maximum Gasteiger partial charge on any atom is 0.407 e. The number of nitrogens with one attached hydrogen (secondary N) is 1. The fourth-order valence-corrected chi connectivity index (χ4v) is 4.12. The number of benzene rings is 1. The van der Waals surface area contributed by atoms with E-state index in [1.807, 2.05) is 52.0 Å². The van der Waals surface area contributed by atoms with Gasteiger partial charge in [0, 0.05) is 6.54 Å². The highest BCUT2D eigenvalue weighted by Gasteiger charge is 2.44. The van der Waals surface area contributed by atoms with Gasteiger partial charge in [0.15, 0.2) is 0 Å². The van der Waals surface area contributed by atoms with Crippen LogP contribution in [0.25, 0.3) is 0 Å².